The van der Waals surface area contributed by atoms with Crippen molar-refractivity contribution in [2.24, 2.45) is 5.92 Å². The van der Waals surface area contributed by atoms with Crippen molar-refractivity contribution in [1.29, 1.82) is 0 Å². The average molecular weight is 248 g/mol. The molecule has 4 nitrogen and oxygen atoms in total. The fourth-order valence-electron chi connectivity index (χ4n) is 2.24. The van der Waals surface area contributed by atoms with E-state index in [9.17, 15) is 4.79 Å². The van der Waals surface area contributed by atoms with E-state index in [-0.39, 0.29) is 11.8 Å². The molecular formula is C14H20N2O2. The Balaban J connectivity index is 1.63. The van der Waals surface area contributed by atoms with Crippen LogP contribution in [0.25, 0.3) is 0 Å². The highest BCUT2D eigenvalue weighted by Crippen LogP contribution is 2.24. The van der Waals surface area contributed by atoms with Crippen LogP contribution in [0.4, 0.5) is 5.69 Å². The van der Waals surface area contributed by atoms with E-state index in [1.54, 1.807) is 12.1 Å². The maximum Gasteiger partial charge on any atom is 0.223 e. The Kier molecular flexibility index (Phi) is 4.45. The fourth-order valence-corrected chi connectivity index (χ4v) is 2.24. The Hall–Kier alpha value is -1.71. The molecule has 0 spiro atoms. The lowest BCUT2D eigenvalue weighted by Crippen LogP contribution is -2.32. The molecule has 0 bridgehead atoms. The smallest absolute Gasteiger partial charge is 0.223 e. The molecule has 1 aromatic rings. The van der Waals surface area contributed by atoms with Crippen LogP contribution in [-0.4, -0.2) is 19.1 Å². The lowest BCUT2D eigenvalue weighted by molar-refractivity contribution is -0.124. The number of anilines is 1. The molecule has 0 atom stereocenters. The van der Waals surface area contributed by atoms with E-state index < -0.39 is 0 Å². The van der Waals surface area contributed by atoms with Crippen molar-refractivity contribution < 1.29 is 9.53 Å². The number of ether oxygens (including phenoxy) is 1. The molecule has 1 saturated carbocycles. The van der Waals surface area contributed by atoms with Crippen molar-refractivity contribution >= 4 is 11.6 Å². The van der Waals surface area contributed by atoms with Crippen LogP contribution in [0.1, 0.15) is 25.7 Å². The molecule has 3 N–H and O–H groups in total. The van der Waals surface area contributed by atoms with Crippen LogP contribution in [0.3, 0.4) is 0 Å². The highest BCUT2D eigenvalue weighted by molar-refractivity contribution is 5.78. The van der Waals surface area contributed by atoms with Gasteiger partial charge in [0.05, 0.1) is 6.54 Å². The number of amides is 1. The summed E-state index contributed by atoms with van der Waals surface area (Å²) in [4.78, 5) is 11.7. The van der Waals surface area contributed by atoms with E-state index in [1.165, 1.54) is 12.8 Å². The van der Waals surface area contributed by atoms with Crippen molar-refractivity contribution in [3.8, 4) is 5.75 Å². The van der Waals surface area contributed by atoms with Crippen molar-refractivity contribution in [2.75, 3.05) is 18.9 Å². The lowest BCUT2D eigenvalue weighted by Gasteiger charge is -2.11. The van der Waals surface area contributed by atoms with Gasteiger partial charge < -0.3 is 15.8 Å². The Morgan fingerprint density at radius 2 is 1.94 bits per heavy atom. The largest absolute Gasteiger partial charge is 0.492 e. The second kappa shape index (κ2) is 6.28. The van der Waals surface area contributed by atoms with Crippen LogP contribution < -0.4 is 15.8 Å². The minimum atomic E-state index is 0.174. The first kappa shape index (κ1) is 12.7. The van der Waals surface area contributed by atoms with Crippen molar-refractivity contribution in [3.05, 3.63) is 24.3 Å². The van der Waals surface area contributed by atoms with Gasteiger partial charge in [-0.2, -0.15) is 0 Å². The molecule has 1 fully saturated rings. The zero-order valence-electron chi connectivity index (χ0n) is 10.5. The molecule has 2 rings (SSSR count). The molecule has 1 aromatic carbocycles. The number of hydrogen-bond donors (Lipinski definition) is 2. The van der Waals surface area contributed by atoms with Crippen molar-refractivity contribution in [1.82, 2.24) is 5.32 Å². The second-order valence-corrected chi connectivity index (χ2v) is 4.69. The zero-order valence-corrected chi connectivity index (χ0v) is 10.5. The van der Waals surface area contributed by atoms with Crippen LogP contribution in [-0.2, 0) is 4.79 Å². The van der Waals surface area contributed by atoms with E-state index in [1.807, 2.05) is 12.1 Å². The maximum absolute atomic E-state index is 11.7. The number of nitrogens with two attached hydrogens (primary N) is 1. The maximum atomic E-state index is 11.7. The predicted molar refractivity (Wildman–Crippen MR) is 71.3 cm³/mol. The monoisotopic (exact) mass is 248 g/mol. The van der Waals surface area contributed by atoms with Gasteiger partial charge >= 0.3 is 0 Å². The van der Waals surface area contributed by atoms with Gasteiger partial charge in [0, 0.05) is 11.6 Å². The third kappa shape index (κ3) is 3.65. The van der Waals surface area contributed by atoms with E-state index in [0.29, 0.717) is 13.2 Å². The quantitative estimate of drug-likeness (QED) is 0.618. The summed E-state index contributed by atoms with van der Waals surface area (Å²) in [5, 5.41) is 2.92. The molecule has 0 aliphatic heterocycles. The van der Waals surface area contributed by atoms with Crippen LogP contribution in [0.2, 0.25) is 0 Å². The second-order valence-electron chi connectivity index (χ2n) is 4.69. The van der Waals surface area contributed by atoms with Gasteiger partial charge in [-0.15, -0.1) is 0 Å². The molecule has 4 heteroatoms. The lowest BCUT2D eigenvalue weighted by atomic mass is 10.1. The standard InChI is InChI=1S/C14H20N2O2/c15-12-5-7-13(8-6-12)18-10-9-16-14(17)11-3-1-2-4-11/h5-8,11H,1-4,9-10,15H2,(H,16,17). The van der Waals surface area contributed by atoms with Crippen LogP contribution in [0.15, 0.2) is 24.3 Å². The van der Waals surface area contributed by atoms with Crippen LogP contribution in [0.5, 0.6) is 5.75 Å². The summed E-state index contributed by atoms with van der Waals surface area (Å²) >= 11 is 0. The van der Waals surface area contributed by atoms with Gasteiger partial charge in [0.2, 0.25) is 5.91 Å². The molecule has 0 heterocycles. The molecule has 0 radical (unpaired) electrons. The summed E-state index contributed by atoms with van der Waals surface area (Å²) in [6, 6.07) is 7.25. The first-order valence-electron chi connectivity index (χ1n) is 6.52. The Morgan fingerprint density at radius 1 is 1.28 bits per heavy atom. The number of carbonyl (C=O) groups is 1. The molecule has 1 amide bonds. The highest BCUT2D eigenvalue weighted by atomic mass is 16.5. The highest BCUT2D eigenvalue weighted by Gasteiger charge is 2.21. The van der Waals surface area contributed by atoms with Crippen molar-refractivity contribution in [2.45, 2.75) is 25.7 Å². The first-order valence-corrected chi connectivity index (χ1v) is 6.52. The molecule has 18 heavy (non-hydrogen) atoms. The van der Waals surface area contributed by atoms with Gasteiger partial charge in [0.15, 0.2) is 0 Å². The van der Waals surface area contributed by atoms with Crippen LogP contribution in [0, 0.1) is 5.92 Å². The van der Waals surface area contributed by atoms with Gasteiger partial charge in [-0.3, -0.25) is 4.79 Å². The molecule has 98 valence electrons. The van der Waals surface area contributed by atoms with Crippen molar-refractivity contribution in [3.63, 3.8) is 0 Å². The molecule has 0 unspecified atom stereocenters. The minimum absolute atomic E-state index is 0.174. The summed E-state index contributed by atoms with van der Waals surface area (Å²) in [6.07, 6.45) is 4.43. The Morgan fingerprint density at radius 3 is 2.61 bits per heavy atom. The van der Waals surface area contributed by atoms with Crippen LogP contribution >= 0.6 is 0 Å². The minimum Gasteiger partial charge on any atom is -0.492 e. The third-order valence-corrected chi connectivity index (χ3v) is 3.28. The Labute approximate surface area is 108 Å². The summed E-state index contributed by atoms with van der Waals surface area (Å²) in [5.41, 5.74) is 6.30. The normalized spacial score (nSPS) is 15.6. The summed E-state index contributed by atoms with van der Waals surface area (Å²) in [6.45, 7) is 1.04. The number of rotatable bonds is 5. The average Bonchev–Trinajstić information content (AvgIpc) is 2.90. The number of nitrogens with one attached hydrogen (secondary N) is 1. The molecule has 1 aliphatic rings. The van der Waals surface area contributed by atoms with Gasteiger partial charge in [-0.1, -0.05) is 12.8 Å². The zero-order chi connectivity index (χ0) is 12.8. The number of benzene rings is 1. The predicted octanol–water partition coefficient (Wildman–Crippen LogP) is 1.95. The number of hydrogen-bond acceptors (Lipinski definition) is 3. The molecular weight excluding hydrogens is 228 g/mol. The van der Waals surface area contributed by atoms with Gasteiger partial charge in [-0.25, -0.2) is 0 Å². The molecule has 0 aromatic heterocycles. The number of nitrogen functional groups attached to an aromatic ring is 1. The third-order valence-electron chi connectivity index (χ3n) is 3.28. The topological polar surface area (TPSA) is 64.3 Å². The number of carbonyl (C=O) groups excluding carboxylic acids is 1. The van der Waals surface area contributed by atoms with E-state index in [2.05, 4.69) is 5.32 Å². The van der Waals surface area contributed by atoms with E-state index in [4.69, 9.17) is 10.5 Å². The Bertz CT molecular complexity index is 383. The fraction of sp³-hybridized carbons (Fsp3) is 0.500. The van der Waals surface area contributed by atoms with Gasteiger partial charge in [-0.05, 0) is 37.1 Å². The summed E-state index contributed by atoms with van der Waals surface area (Å²) in [5.74, 6) is 1.18. The first-order chi connectivity index (χ1) is 8.75. The van der Waals surface area contributed by atoms with Gasteiger partial charge in [0.25, 0.3) is 0 Å². The summed E-state index contributed by atoms with van der Waals surface area (Å²) < 4.78 is 5.50. The molecule has 0 saturated heterocycles. The van der Waals surface area contributed by atoms with E-state index >= 15 is 0 Å². The van der Waals surface area contributed by atoms with E-state index in [0.717, 1.165) is 24.3 Å². The SMILES string of the molecule is Nc1ccc(OCCNC(=O)C2CCCC2)cc1. The van der Waals surface area contributed by atoms with Gasteiger partial charge in [0.1, 0.15) is 12.4 Å². The molecule has 1 aliphatic carbocycles. The summed E-state index contributed by atoms with van der Waals surface area (Å²) in [7, 11) is 0.